The Labute approximate surface area is 61.6 Å². The Balaban J connectivity index is 4.19. The van der Waals surface area contributed by atoms with Gasteiger partial charge in [-0.1, -0.05) is 26.8 Å². The molecule has 0 rings (SSSR count). The summed E-state index contributed by atoms with van der Waals surface area (Å²) in [6.45, 7) is 5.79. The van der Waals surface area contributed by atoms with Gasteiger partial charge in [-0.2, -0.15) is 0 Å². The predicted octanol–water partition coefficient (Wildman–Crippen LogP) is 2.06. The second-order valence-corrected chi connectivity index (χ2v) is 2.59. The Bertz CT molecular complexity index is 145. The lowest BCUT2D eigenvalue weighted by Crippen LogP contribution is -2.00. The first kappa shape index (κ1) is 9.21. The Morgan fingerprint density at radius 2 is 2.10 bits per heavy atom. The van der Waals surface area contributed by atoms with Gasteiger partial charge in [-0.3, -0.25) is 0 Å². The summed E-state index contributed by atoms with van der Waals surface area (Å²) in [5.74, 6) is -0.470. The lowest BCUT2D eigenvalue weighted by atomic mass is 10.1. The van der Waals surface area contributed by atoms with Crippen molar-refractivity contribution in [1.82, 2.24) is 0 Å². The second kappa shape index (κ2) is 4.09. The Morgan fingerprint density at radius 1 is 1.60 bits per heavy atom. The smallest absolute Gasteiger partial charge is 0.331 e. The molecule has 0 aliphatic heterocycles. The standard InChI is InChI=1S/C8H14O2/c1-4-7(8(9)10)5-6(2)3/h5-6H,4H2,1-3H3,(H,9,10)/b7-5+. The molecule has 0 heterocycles. The zero-order valence-corrected chi connectivity index (χ0v) is 6.72. The molecule has 0 aromatic heterocycles. The summed E-state index contributed by atoms with van der Waals surface area (Å²) in [6, 6.07) is 0. The van der Waals surface area contributed by atoms with E-state index in [0.29, 0.717) is 17.9 Å². The van der Waals surface area contributed by atoms with Gasteiger partial charge in [0.15, 0.2) is 0 Å². The van der Waals surface area contributed by atoms with Crippen LogP contribution in [0.25, 0.3) is 0 Å². The van der Waals surface area contributed by atoms with Crippen molar-refractivity contribution in [1.29, 1.82) is 0 Å². The molecule has 2 heteroatoms. The van der Waals surface area contributed by atoms with Crippen LogP contribution in [0.3, 0.4) is 0 Å². The maximum Gasteiger partial charge on any atom is 0.331 e. The third-order valence-electron chi connectivity index (χ3n) is 1.19. The number of rotatable bonds is 3. The number of carboxylic acid groups (broad SMARTS) is 1. The zero-order chi connectivity index (χ0) is 8.15. The lowest BCUT2D eigenvalue weighted by molar-refractivity contribution is -0.132. The van der Waals surface area contributed by atoms with Crippen LogP contribution < -0.4 is 0 Å². The van der Waals surface area contributed by atoms with Crippen LogP contribution >= 0.6 is 0 Å². The van der Waals surface area contributed by atoms with E-state index in [4.69, 9.17) is 5.11 Å². The van der Waals surface area contributed by atoms with E-state index in [1.165, 1.54) is 0 Å². The van der Waals surface area contributed by atoms with E-state index in [1.807, 2.05) is 20.8 Å². The molecule has 0 saturated heterocycles. The molecule has 0 saturated carbocycles. The molecule has 0 aliphatic rings. The van der Waals surface area contributed by atoms with Crippen LogP contribution in [0, 0.1) is 5.92 Å². The molecular weight excluding hydrogens is 128 g/mol. The van der Waals surface area contributed by atoms with E-state index in [1.54, 1.807) is 6.08 Å². The molecule has 0 aromatic rings. The Morgan fingerprint density at radius 3 is 2.20 bits per heavy atom. The predicted molar refractivity (Wildman–Crippen MR) is 40.8 cm³/mol. The fourth-order valence-corrected chi connectivity index (χ4v) is 0.743. The van der Waals surface area contributed by atoms with Crippen LogP contribution in [0.5, 0.6) is 0 Å². The summed E-state index contributed by atoms with van der Waals surface area (Å²) in [6.07, 6.45) is 2.38. The Hall–Kier alpha value is -0.790. The molecule has 2 nitrogen and oxygen atoms in total. The maximum atomic E-state index is 10.4. The molecule has 0 radical (unpaired) electrons. The molecule has 0 spiro atoms. The average Bonchev–Trinajstić information content (AvgIpc) is 1.81. The topological polar surface area (TPSA) is 37.3 Å². The monoisotopic (exact) mass is 142 g/mol. The van der Waals surface area contributed by atoms with Crippen LogP contribution in [0.2, 0.25) is 0 Å². The van der Waals surface area contributed by atoms with Crippen LogP contribution in [-0.4, -0.2) is 11.1 Å². The number of hydrogen-bond donors (Lipinski definition) is 1. The highest BCUT2D eigenvalue weighted by Gasteiger charge is 2.03. The SMILES string of the molecule is CC/C(=C\C(C)C)C(=O)O. The molecule has 0 aliphatic carbocycles. The number of hydrogen-bond acceptors (Lipinski definition) is 1. The first-order chi connectivity index (χ1) is 4.57. The molecule has 0 amide bonds. The second-order valence-electron chi connectivity index (χ2n) is 2.59. The highest BCUT2D eigenvalue weighted by Crippen LogP contribution is 2.05. The molecule has 0 fully saturated rings. The van der Waals surface area contributed by atoms with E-state index in [0.717, 1.165) is 0 Å². The number of aliphatic carboxylic acids is 1. The molecule has 0 atom stereocenters. The van der Waals surface area contributed by atoms with E-state index in [-0.39, 0.29) is 0 Å². The van der Waals surface area contributed by atoms with Crippen molar-refractivity contribution in [3.8, 4) is 0 Å². The molecular formula is C8H14O2. The highest BCUT2D eigenvalue weighted by molar-refractivity contribution is 5.86. The van der Waals surface area contributed by atoms with Gasteiger partial charge in [-0.25, -0.2) is 4.79 Å². The van der Waals surface area contributed by atoms with Crippen molar-refractivity contribution >= 4 is 5.97 Å². The van der Waals surface area contributed by atoms with Gasteiger partial charge >= 0.3 is 5.97 Å². The third kappa shape index (κ3) is 3.28. The van der Waals surface area contributed by atoms with E-state index in [9.17, 15) is 4.79 Å². The molecule has 0 bridgehead atoms. The summed E-state index contributed by atoms with van der Waals surface area (Å²) < 4.78 is 0. The van der Waals surface area contributed by atoms with Crippen LogP contribution in [-0.2, 0) is 4.79 Å². The normalized spacial score (nSPS) is 12.2. The van der Waals surface area contributed by atoms with Crippen molar-refractivity contribution in [2.24, 2.45) is 5.92 Å². The van der Waals surface area contributed by atoms with Crippen LogP contribution in [0.1, 0.15) is 27.2 Å². The summed E-state index contributed by atoms with van der Waals surface area (Å²) in [5.41, 5.74) is 0.509. The summed E-state index contributed by atoms with van der Waals surface area (Å²) in [7, 11) is 0. The zero-order valence-electron chi connectivity index (χ0n) is 6.72. The van der Waals surface area contributed by atoms with E-state index in [2.05, 4.69) is 0 Å². The maximum absolute atomic E-state index is 10.4. The van der Waals surface area contributed by atoms with Gasteiger partial charge in [0.2, 0.25) is 0 Å². The highest BCUT2D eigenvalue weighted by atomic mass is 16.4. The van der Waals surface area contributed by atoms with Gasteiger partial charge < -0.3 is 5.11 Å². The van der Waals surface area contributed by atoms with Crippen molar-refractivity contribution in [2.75, 3.05) is 0 Å². The van der Waals surface area contributed by atoms with Crippen molar-refractivity contribution < 1.29 is 9.90 Å². The number of allylic oxidation sites excluding steroid dienone is 1. The number of carboxylic acids is 1. The van der Waals surface area contributed by atoms with Gasteiger partial charge in [0, 0.05) is 5.57 Å². The van der Waals surface area contributed by atoms with Gasteiger partial charge in [0.1, 0.15) is 0 Å². The fraction of sp³-hybridized carbons (Fsp3) is 0.625. The molecule has 0 aromatic carbocycles. The molecule has 0 unspecified atom stereocenters. The minimum Gasteiger partial charge on any atom is -0.478 e. The number of carbonyl (C=O) groups is 1. The van der Waals surface area contributed by atoms with Crippen LogP contribution in [0.4, 0.5) is 0 Å². The van der Waals surface area contributed by atoms with Gasteiger partial charge in [0.25, 0.3) is 0 Å². The third-order valence-corrected chi connectivity index (χ3v) is 1.19. The van der Waals surface area contributed by atoms with Crippen LogP contribution in [0.15, 0.2) is 11.6 Å². The van der Waals surface area contributed by atoms with Gasteiger partial charge in [-0.15, -0.1) is 0 Å². The average molecular weight is 142 g/mol. The summed E-state index contributed by atoms with van der Waals surface area (Å²) in [4.78, 5) is 10.4. The minimum absolute atomic E-state index is 0.325. The molecule has 1 N–H and O–H groups in total. The van der Waals surface area contributed by atoms with Crippen molar-refractivity contribution in [3.63, 3.8) is 0 Å². The Kier molecular flexibility index (Phi) is 3.77. The molecule has 58 valence electrons. The first-order valence-corrected chi connectivity index (χ1v) is 3.52. The van der Waals surface area contributed by atoms with E-state index >= 15 is 0 Å². The minimum atomic E-state index is -0.795. The quantitative estimate of drug-likeness (QED) is 0.612. The lowest BCUT2D eigenvalue weighted by Gasteiger charge is -1.99. The summed E-state index contributed by atoms with van der Waals surface area (Å²) >= 11 is 0. The first-order valence-electron chi connectivity index (χ1n) is 3.52. The van der Waals surface area contributed by atoms with Crippen molar-refractivity contribution in [3.05, 3.63) is 11.6 Å². The fourth-order valence-electron chi connectivity index (χ4n) is 0.743. The molecule has 10 heavy (non-hydrogen) atoms. The van der Waals surface area contributed by atoms with Gasteiger partial charge in [0.05, 0.1) is 0 Å². The van der Waals surface area contributed by atoms with Gasteiger partial charge in [-0.05, 0) is 12.3 Å². The largest absolute Gasteiger partial charge is 0.478 e. The van der Waals surface area contributed by atoms with Crippen molar-refractivity contribution in [2.45, 2.75) is 27.2 Å². The summed E-state index contributed by atoms with van der Waals surface area (Å²) in [5, 5.41) is 8.55. The van der Waals surface area contributed by atoms with E-state index < -0.39 is 5.97 Å².